The molecule has 22 heavy (non-hydrogen) atoms. The summed E-state index contributed by atoms with van der Waals surface area (Å²) in [6, 6.07) is 1.86. The summed E-state index contributed by atoms with van der Waals surface area (Å²) in [5.41, 5.74) is 6.63. The Morgan fingerprint density at radius 3 is 3.14 bits per heavy atom. The fourth-order valence-corrected chi connectivity index (χ4v) is 2.74. The standard InChI is InChI=1S/C14H15N7O/c15-5-10(12(16)22)4-9-2-1-3-21(6-9)14-11-13(18-7-17-11)19-8-20-14/h4,7-9H,1-3,6H2,(H2,16,22)(H,17,18,19,20). The number of nitrogens with two attached hydrogens (primary N) is 1. The van der Waals surface area contributed by atoms with Gasteiger partial charge in [0.05, 0.1) is 6.33 Å². The minimum absolute atomic E-state index is 0.0150. The highest BCUT2D eigenvalue weighted by Crippen LogP contribution is 2.26. The van der Waals surface area contributed by atoms with Gasteiger partial charge >= 0.3 is 0 Å². The summed E-state index contributed by atoms with van der Waals surface area (Å²) in [6.45, 7) is 1.53. The number of hydrogen-bond acceptors (Lipinski definition) is 6. The molecule has 0 aliphatic carbocycles. The first-order chi connectivity index (χ1) is 10.7. The van der Waals surface area contributed by atoms with Crippen LogP contribution in [0.15, 0.2) is 24.3 Å². The number of piperidine rings is 1. The lowest BCUT2D eigenvalue weighted by molar-refractivity contribution is -0.114. The number of nitrogens with zero attached hydrogens (tertiary/aromatic N) is 5. The van der Waals surface area contributed by atoms with Crippen molar-refractivity contribution >= 4 is 22.9 Å². The Labute approximate surface area is 126 Å². The van der Waals surface area contributed by atoms with Gasteiger partial charge in [-0.25, -0.2) is 15.0 Å². The molecular formula is C14H15N7O. The van der Waals surface area contributed by atoms with E-state index >= 15 is 0 Å². The highest BCUT2D eigenvalue weighted by Gasteiger charge is 2.23. The molecule has 1 aliphatic rings. The summed E-state index contributed by atoms with van der Waals surface area (Å²) in [5, 5.41) is 8.96. The molecule has 1 saturated heterocycles. The molecular weight excluding hydrogens is 282 g/mol. The zero-order chi connectivity index (χ0) is 15.5. The van der Waals surface area contributed by atoms with E-state index in [-0.39, 0.29) is 11.5 Å². The number of primary amides is 1. The number of amides is 1. The summed E-state index contributed by atoms with van der Waals surface area (Å²) in [4.78, 5) is 28.9. The lowest BCUT2D eigenvalue weighted by atomic mass is 9.95. The number of nitrogens with one attached hydrogen (secondary N) is 1. The maximum absolute atomic E-state index is 11.2. The highest BCUT2D eigenvalue weighted by molar-refractivity contribution is 5.95. The summed E-state index contributed by atoms with van der Waals surface area (Å²) in [7, 11) is 0. The van der Waals surface area contributed by atoms with E-state index in [4.69, 9.17) is 11.0 Å². The van der Waals surface area contributed by atoms with Crippen LogP contribution in [-0.4, -0.2) is 38.9 Å². The third-order valence-electron chi connectivity index (χ3n) is 3.75. The molecule has 1 fully saturated rings. The van der Waals surface area contributed by atoms with E-state index in [0.717, 1.165) is 30.7 Å². The number of fused-ring (bicyclic) bond motifs is 1. The second-order valence-electron chi connectivity index (χ2n) is 5.20. The van der Waals surface area contributed by atoms with Crippen molar-refractivity contribution in [2.75, 3.05) is 18.0 Å². The van der Waals surface area contributed by atoms with Gasteiger partial charge in [0, 0.05) is 13.1 Å². The van der Waals surface area contributed by atoms with Crippen molar-refractivity contribution < 1.29 is 4.79 Å². The topological polar surface area (TPSA) is 125 Å². The molecule has 112 valence electrons. The summed E-state index contributed by atoms with van der Waals surface area (Å²) >= 11 is 0. The van der Waals surface area contributed by atoms with Crippen LogP contribution in [0, 0.1) is 17.2 Å². The number of nitriles is 1. The van der Waals surface area contributed by atoms with Gasteiger partial charge in [-0.3, -0.25) is 4.79 Å². The van der Waals surface area contributed by atoms with Gasteiger partial charge in [0.25, 0.3) is 5.91 Å². The molecule has 0 aromatic carbocycles. The van der Waals surface area contributed by atoms with Gasteiger partial charge < -0.3 is 15.6 Å². The SMILES string of the molecule is N#CC(=CC1CCCN(c2ncnc3nc[nH]c23)C1)C(N)=O. The Morgan fingerprint density at radius 1 is 1.50 bits per heavy atom. The van der Waals surface area contributed by atoms with Crippen molar-refractivity contribution in [3.05, 3.63) is 24.3 Å². The Bertz CT molecular complexity index is 773. The molecule has 8 nitrogen and oxygen atoms in total. The zero-order valence-corrected chi connectivity index (χ0v) is 11.9. The molecule has 3 rings (SSSR count). The number of imidazole rings is 1. The number of anilines is 1. The quantitative estimate of drug-likeness (QED) is 0.628. The van der Waals surface area contributed by atoms with Crippen molar-refractivity contribution in [1.29, 1.82) is 5.26 Å². The van der Waals surface area contributed by atoms with Crippen molar-refractivity contribution in [2.45, 2.75) is 12.8 Å². The smallest absolute Gasteiger partial charge is 0.259 e. The van der Waals surface area contributed by atoms with Crippen LogP contribution in [0.1, 0.15) is 12.8 Å². The van der Waals surface area contributed by atoms with E-state index in [1.807, 2.05) is 6.07 Å². The van der Waals surface area contributed by atoms with Crippen LogP contribution in [0.5, 0.6) is 0 Å². The van der Waals surface area contributed by atoms with Crippen LogP contribution in [0.3, 0.4) is 0 Å². The molecule has 0 radical (unpaired) electrons. The highest BCUT2D eigenvalue weighted by atomic mass is 16.1. The normalized spacial score (nSPS) is 19.1. The van der Waals surface area contributed by atoms with Gasteiger partial charge in [-0.15, -0.1) is 0 Å². The van der Waals surface area contributed by atoms with Crippen LogP contribution in [0.2, 0.25) is 0 Å². The van der Waals surface area contributed by atoms with Crippen LogP contribution in [-0.2, 0) is 4.79 Å². The largest absolute Gasteiger partial charge is 0.365 e. The molecule has 1 amide bonds. The summed E-state index contributed by atoms with van der Waals surface area (Å²) in [6.07, 6.45) is 6.59. The number of aromatic amines is 1. The minimum atomic E-state index is -0.683. The molecule has 3 N–H and O–H groups in total. The minimum Gasteiger partial charge on any atom is -0.365 e. The number of carbonyl (C=O) groups is 1. The fraction of sp³-hybridized carbons (Fsp3) is 0.357. The molecule has 1 aliphatic heterocycles. The fourth-order valence-electron chi connectivity index (χ4n) is 2.74. The van der Waals surface area contributed by atoms with Gasteiger partial charge in [0.1, 0.15) is 23.5 Å². The summed E-state index contributed by atoms with van der Waals surface area (Å²) in [5.74, 6) is 0.194. The third kappa shape index (κ3) is 2.61. The van der Waals surface area contributed by atoms with Crippen molar-refractivity contribution in [3.63, 3.8) is 0 Å². The van der Waals surface area contributed by atoms with Gasteiger partial charge in [-0.1, -0.05) is 6.08 Å². The lowest BCUT2D eigenvalue weighted by Gasteiger charge is -2.32. The van der Waals surface area contributed by atoms with Gasteiger partial charge in [-0.2, -0.15) is 5.26 Å². The Balaban J connectivity index is 1.86. The number of aromatic nitrogens is 4. The van der Waals surface area contributed by atoms with E-state index in [2.05, 4.69) is 24.8 Å². The predicted molar refractivity (Wildman–Crippen MR) is 79.5 cm³/mol. The predicted octanol–water partition coefficient (Wildman–Crippen LogP) is 0.505. The first-order valence-electron chi connectivity index (χ1n) is 7.00. The summed E-state index contributed by atoms with van der Waals surface area (Å²) < 4.78 is 0. The van der Waals surface area contributed by atoms with Crippen LogP contribution >= 0.6 is 0 Å². The van der Waals surface area contributed by atoms with Crippen molar-refractivity contribution in [1.82, 2.24) is 19.9 Å². The number of hydrogen-bond donors (Lipinski definition) is 2. The molecule has 1 atom stereocenters. The number of rotatable bonds is 3. The maximum Gasteiger partial charge on any atom is 0.259 e. The van der Waals surface area contributed by atoms with Crippen LogP contribution in [0.4, 0.5) is 5.82 Å². The molecule has 2 aromatic rings. The Morgan fingerprint density at radius 2 is 2.36 bits per heavy atom. The van der Waals surface area contributed by atoms with E-state index in [0.29, 0.717) is 12.2 Å². The first-order valence-corrected chi connectivity index (χ1v) is 7.00. The number of H-pyrrole nitrogens is 1. The third-order valence-corrected chi connectivity index (χ3v) is 3.75. The Kier molecular flexibility index (Phi) is 3.70. The number of carbonyl (C=O) groups excluding carboxylic acids is 1. The van der Waals surface area contributed by atoms with E-state index < -0.39 is 5.91 Å². The van der Waals surface area contributed by atoms with Gasteiger partial charge in [-0.05, 0) is 18.8 Å². The lowest BCUT2D eigenvalue weighted by Crippen LogP contribution is -2.35. The first kappa shape index (κ1) is 14.0. The van der Waals surface area contributed by atoms with E-state index in [9.17, 15) is 4.79 Å². The van der Waals surface area contributed by atoms with Crippen molar-refractivity contribution in [2.24, 2.45) is 11.7 Å². The van der Waals surface area contributed by atoms with Crippen LogP contribution in [0.25, 0.3) is 11.2 Å². The van der Waals surface area contributed by atoms with Gasteiger partial charge in [0.15, 0.2) is 11.5 Å². The monoisotopic (exact) mass is 297 g/mol. The maximum atomic E-state index is 11.2. The van der Waals surface area contributed by atoms with Gasteiger partial charge in [0.2, 0.25) is 0 Å². The Hall–Kier alpha value is -2.95. The average Bonchev–Trinajstić information content (AvgIpc) is 3.01. The zero-order valence-electron chi connectivity index (χ0n) is 11.9. The van der Waals surface area contributed by atoms with E-state index in [1.54, 1.807) is 12.4 Å². The average molecular weight is 297 g/mol. The second kappa shape index (κ2) is 5.81. The second-order valence-corrected chi connectivity index (χ2v) is 5.20. The molecule has 0 spiro atoms. The molecule has 0 bridgehead atoms. The van der Waals surface area contributed by atoms with Crippen LogP contribution < -0.4 is 10.6 Å². The molecule has 1 unspecified atom stereocenters. The molecule has 2 aromatic heterocycles. The van der Waals surface area contributed by atoms with E-state index in [1.165, 1.54) is 6.33 Å². The molecule has 8 heteroatoms. The molecule has 3 heterocycles. The molecule has 0 saturated carbocycles. The van der Waals surface area contributed by atoms with Crippen molar-refractivity contribution in [3.8, 4) is 6.07 Å².